The molecule has 6 nitrogen and oxygen atoms in total. The van der Waals surface area contributed by atoms with Gasteiger partial charge in [-0.1, -0.05) is 35.4 Å². The predicted molar refractivity (Wildman–Crippen MR) is 152 cm³/mol. The summed E-state index contributed by atoms with van der Waals surface area (Å²) < 4.78 is 26.6. The largest absolute Gasteiger partial charge is 0.385 e. The molecule has 8 heteroatoms. The zero-order valence-corrected chi connectivity index (χ0v) is 23.9. The van der Waals surface area contributed by atoms with E-state index in [0.717, 1.165) is 37.7 Å². The molecular formula is C31H42ClFN2O4. The smallest absolute Gasteiger partial charge is 0.225 e. The van der Waals surface area contributed by atoms with Crippen molar-refractivity contribution >= 4 is 17.5 Å². The number of methoxy groups -OCH3 is 1. The Morgan fingerprint density at radius 3 is 2.72 bits per heavy atom. The normalized spacial score (nSPS) is 23.4. The standard InChI is InChI=1S/C31H42ClFN2O4/c1-21-8-13-27(33)24(18-21)29-25(6-5-7-26(29)32)31(37,14-3-4-16-38-2)28-20-35(15-17-39-28)30(36)23-11-9-22(19-34)10-12-23/h5-8,13,18,22-23,28,37H,3-4,9-12,14-17,19-20,34H2,1-2H3. The number of aliphatic hydroxyl groups is 1. The molecule has 0 spiro atoms. The van der Waals surface area contributed by atoms with Gasteiger partial charge in [0, 0.05) is 42.3 Å². The van der Waals surface area contributed by atoms with Crippen LogP contribution >= 0.6 is 11.6 Å². The fourth-order valence-corrected chi connectivity index (χ4v) is 6.42. The molecule has 0 radical (unpaired) electrons. The van der Waals surface area contributed by atoms with Crippen molar-refractivity contribution < 1.29 is 23.8 Å². The zero-order valence-electron chi connectivity index (χ0n) is 23.1. The number of nitrogens with zero attached hydrogens (tertiary/aromatic N) is 1. The van der Waals surface area contributed by atoms with E-state index < -0.39 is 17.5 Å². The van der Waals surface area contributed by atoms with Crippen LogP contribution in [-0.4, -0.2) is 62.0 Å². The van der Waals surface area contributed by atoms with Crippen LogP contribution in [0.3, 0.4) is 0 Å². The SMILES string of the molecule is COCCCCC(O)(c1cccc(Cl)c1-c1cc(C)ccc1F)C1CN(C(=O)C2CCC(CN)CC2)CCO1. The summed E-state index contributed by atoms with van der Waals surface area (Å²) in [6.45, 7) is 4.20. The lowest BCUT2D eigenvalue weighted by Crippen LogP contribution is -2.55. The molecule has 0 aromatic heterocycles. The lowest BCUT2D eigenvalue weighted by molar-refractivity contribution is -0.168. The highest BCUT2D eigenvalue weighted by Crippen LogP contribution is 2.44. The molecule has 2 aromatic rings. The molecule has 214 valence electrons. The summed E-state index contributed by atoms with van der Waals surface area (Å²) in [5.74, 6) is 0.180. The van der Waals surface area contributed by atoms with Crippen molar-refractivity contribution in [2.24, 2.45) is 17.6 Å². The summed E-state index contributed by atoms with van der Waals surface area (Å²) in [6.07, 6.45) is 4.69. The number of hydrogen-bond donors (Lipinski definition) is 2. The first-order valence-electron chi connectivity index (χ1n) is 14.2. The number of carbonyl (C=O) groups is 1. The minimum atomic E-state index is -1.50. The van der Waals surface area contributed by atoms with Gasteiger partial charge in [0.15, 0.2) is 0 Å². The van der Waals surface area contributed by atoms with E-state index in [9.17, 15) is 9.90 Å². The Morgan fingerprint density at radius 1 is 1.23 bits per heavy atom. The molecule has 4 rings (SSSR count). The Morgan fingerprint density at radius 2 is 2.00 bits per heavy atom. The number of hydrogen-bond acceptors (Lipinski definition) is 5. The molecule has 3 N–H and O–H groups in total. The van der Waals surface area contributed by atoms with Gasteiger partial charge in [0.1, 0.15) is 17.5 Å². The summed E-state index contributed by atoms with van der Waals surface area (Å²) in [5.41, 5.74) is 6.55. The van der Waals surface area contributed by atoms with Gasteiger partial charge in [-0.25, -0.2) is 4.39 Å². The average Bonchev–Trinajstić information content (AvgIpc) is 2.96. The highest BCUT2D eigenvalue weighted by Gasteiger charge is 2.45. The molecule has 1 heterocycles. The Labute approximate surface area is 236 Å². The molecule has 1 amide bonds. The molecule has 2 aromatic carbocycles. The number of aryl methyl sites for hydroxylation is 1. The van der Waals surface area contributed by atoms with E-state index in [-0.39, 0.29) is 18.4 Å². The molecule has 1 saturated heterocycles. The van der Waals surface area contributed by atoms with Gasteiger partial charge < -0.3 is 25.2 Å². The number of halogens is 2. The molecule has 2 fully saturated rings. The summed E-state index contributed by atoms with van der Waals surface area (Å²) in [6, 6.07) is 10.2. The van der Waals surface area contributed by atoms with Crippen LogP contribution in [0, 0.1) is 24.6 Å². The third-order valence-corrected chi connectivity index (χ3v) is 8.78. The van der Waals surface area contributed by atoms with Crippen LogP contribution in [0.5, 0.6) is 0 Å². The number of rotatable bonds is 10. The first-order valence-corrected chi connectivity index (χ1v) is 14.5. The fourth-order valence-electron chi connectivity index (χ4n) is 6.14. The Bertz CT molecular complexity index is 1120. The molecule has 2 atom stereocenters. The van der Waals surface area contributed by atoms with Crippen molar-refractivity contribution in [3.05, 3.63) is 58.4 Å². The van der Waals surface area contributed by atoms with Gasteiger partial charge in [-0.2, -0.15) is 0 Å². The van der Waals surface area contributed by atoms with E-state index in [1.807, 2.05) is 11.8 Å². The van der Waals surface area contributed by atoms with Crippen LogP contribution in [0.1, 0.15) is 56.1 Å². The van der Waals surface area contributed by atoms with Crippen molar-refractivity contribution in [3.8, 4) is 11.1 Å². The fraction of sp³-hybridized carbons (Fsp3) is 0.581. The molecule has 1 aliphatic carbocycles. The molecule has 0 bridgehead atoms. The number of nitrogens with two attached hydrogens (primary N) is 1. The molecular weight excluding hydrogens is 519 g/mol. The highest BCUT2D eigenvalue weighted by molar-refractivity contribution is 6.33. The number of benzene rings is 2. The van der Waals surface area contributed by atoms with Crippen molar-refractivity contribution in [1.82, 2.24) is 4.90 Å². The van der Waals surface area contributed by atoms with Crippen LogP contribution < -0.4 is 5.73 Å². The van der Waals surface area contributed by atoms with Gasteiger partial charge in [-0.15, -0.1) is 0 Å². The maximum Gasteiger partial charge on any atom is 0.225 e. The van der Waals surface area contributed by atoms with Gasteiger partial charge >= 0.3 is 0 Å². The van der Waals surface area contributed by atoms with Crippen molar-refractivity contribution in [3.63, 3.8) is 0 Å². The molecule has 2 aliphatic rings. The quantitative estimate of drug-likeness (QED) is 0.377. The second-order valence-electron chi connectivity index (χ2n) is 11.1. The first kappa shape index (κ1) is 29.9. The van der Waals surface area contributed by atoms with Crippen LogP contribution in [0.4, 0.5) is 4.39 Å². The van der Waals surface area contributed by atoms with Crippen LogP contribution in [-0.2, 0) is 19.9 Å². The summed E-state index contributed by atoms with van der Waals surface area (Å²) in [4.78, 5) is 15.4. The maximum atomic E-state index is 15.2. The predicted octanol–water partition coefficient (Wildman–Crippen LogP) is 5.45. The Kier molecular flexibility index (Phi) is 10.4. The molecule has 1 aliphatic heterocycles. The monoisotopic (exact) mass is 560 g/mol. The average molecular weight is 561 g/mol. The second kappa shape index (κ2) is 13.6. The summed E-state index contributed by atoms with van der Waals surface area (Å²) >= 11 is 6.71. The molecule has 1 saturated carbocycles. The number of unbranched alkanes of at least 4 members (excludes halogenated alkanes) is 1. The highest BCUT2D eigenvalue weighted by atomic mass is 35.5. The number of morpholine rings is 1. The summed E-state index contributed by atoms with van der Waals surface area (Å²) in [7, 11) is 1.65. The lowest BCUT2D eigenvalue weighted by Gasteiger charge is -2.44. The number of carbonyl (C=O) groups excluding carboxylic acids is 1. The van der Waals surface area contributed by atoms with Crippen LogP contribution in [0.25, 0.3) is 11.1 Å². The minimum absolute atomic E-state index is 0.0236. The van der Waals surface area contributed by atoms with Crippen molar-refractivity contribution in [2.45, 2.75) is 63.6 Å². The van der Waals surface area contributed by atoms with E-state index >= 15 is 4.39 Å². The van der Waals surface area contributed by atoms with E-state index in [4.69, 9.17) is 26.8 Å². The van der Waals surface area contributed by atoms with E-state index in [0.29, 0.717) is 66.8 Å². The summed E-state index contributed by atoms with van der Waals surface area (Å²) in [5, 5.41) is 12.9. The maximum absolute atomic E-state index is 15.2. The Balaban J connectivity index is 1.67. The van der Waals surface area contributed by atoms with E-state index in [1.54, 1.807) is 37.4 Å². The van der Waals surface area contributed by atoms with E-state index in [1.165, 1.54) is 6.07 Å². The lowest BCUT2D eigenvalue weighted by atomic mass is 9.78. The van der Waals surface area contributed by atoms with Crippen LogP contribution in [0.2, 0.25) is 5.02 Å². The third-order valence-electron chi connectivity index (χ3n) is 8.47. The second-order valence-corrected chi connectivity index (χ2v) is 11.5. The number of amides is 1. The van der Waals surface area contributed by atoms with Gasteiger partial charge in [0.2, 0.25) is 5.91 Å². The van der Waals surface area contributed by atoms with Crippen molar-refractivity contribution in [2.75, 3.05) is 40.0 Å². The van der Waals surface area contributed by atoms with Gasteiger partial charge in [0.05, 0.1) is 13.2 Å². The van der Waals surface area contributed by atoms with Gasteiger partial charge in [0.25, 0.3) is 0 Å². The topological polar surface area (TPSA) is 85.0 Å². The minimum Gasteiger partial charge on any atom is -0.385 e. The molecule has 2 unspecified atom stereocenters. The Hall–Kier alpha value is -2.03. The number of ether oxygens (including phenoxy) is 2. The van der Waals surface area contributed by atoms with Gasteiger partial charge in [-0.05, 0) is 88.1 Å². The molecule has 39 heavy (non-hydrogen) atoms. The van der Waals surface area contributed by atoms with Crippen LogP contribution in [0.15, 0.2) is 36.4 Å². The van der Waals surface area contributed by atoms with Gasteiger partial charge in [-0.3, -0.25) is 4.79 Å². The third kappa shape index (κ3) is 6.83. The first-order chi connectivity index (χ1) is 18.8. The van der Waals surface area contributed by atoms with Crippen molar-refractivity contribution in [1.29, 1.82) is 0 Å². The zero-order chi connectivity index (χ0) is 28.0. The van der Waals surface area contributed by atoms with E-state index in [2.05, 4.69) is 0 Å².